The topological polar surface area (TPSA) is 90.7 Å². The molecule has 0 saturated heterocycles. The Morgan fingerprint density at radius 1 is 1.30 bits per heavy atom. The van der Waals surface area contributed by atoms with Crippen molar-refractivity contribution in [1.82, 2.24) is 4.72 Å². The number of rotatable bonds is 6. The minimum atomic E-state index is -3.64. The largest absolute Gasteiger partial charge is 0.495 e. The number of hydrogen-bond acceptors (Lipinski definition) is 5. The Hall–Kier alpha value is -1.47. The summed E-state index contributed by atoms with van der Waals surface area (Å²) in [5, 5.41) is 0. The van der Waals surface area contributed by atoms with Crippen LogP contribution in [0.1, 0.15) is 19.8 Å². The lowest BCUT2D eigenvalue weighted by Crippen LogP contribution is -2.27. The van der Waals surface area contributed by atoms with Gasteiger partial charge in [-0.15, -0.1) is 0 Å². The van der Waals surface area contributed by atoms with Crippen LogP contribution in [0, 0.1) is 5.92 Å². The molecule has 1 fully saturated rings. The first-order valence-electron chi connectivity index (χ1n) is 6.46. The van der Waals surface area contributed by atoms with E-state index in [2.05, 4.69) is 4.72 Å². The number of sulfonamides is 1. The first kappa shape index (κ1) is 14.9. The molecule has 2 rings (SSSR count). The standard InChI is InChI=1S/C13H20N2O4S/c1-4-8-5-10(8)15-20(16,17)13-6-9(14)11(18-2)7-12(13)19-3/h6-8,10,15H,4-5,14H2,1-3H3. The van der Waals surface area contributed by atoms with Crippen molar-refractivity contribution in [2.24, 2.45) is 5.92 Å². The minimum Gasteiger partial charge on any atom is -0.495 e. The number of nitrogen functional groups attached to an aromatic ring is 1. The van der Waals surface area contributed by atoms with Gasteiger partial charge in [0.1, 0.15) is 16.4 Å². The third kappa shape index (κ3) is 2.83. The molecule has 20 heavy (non-hydrogen) atoms. The van der Waals surface area contributed by atoms with Gasteiger partial charge in [-0.1, -0.05) is 13.3 Å². The van der Waals surface area contributed by atoms with Crippen LogP contribution in [0.4, 0.5) is 5.69 Å². The molecule has 6 nitrogen and oxygen atoms in total. The average Bonchev–Trinajstić information content (AvgIpc) is 3.15. The minimum absolute atomic E-state index is 0.0121. The van der Waals surface area contributed by atoms with E-state index in [-0.39, 0.29) is 22.4 Å². The van der Waals surface area contributed by atoms with Gasteiger partial charge in [-0.2, -0.15) is 0 Å². The van der Waals surface area contributed by atoms with Crippen molar-refractivity contribution in [3.8, 4) is 11.5 Å². The molecule has 0 heterocycles. The zero-order valence-corrected chi connectivity index (χ0v) is 12.7. The van der Waals surface area contributed by atoms with E-state index in [0.717, 1.165) is 12.8 Å². The molecular weight excluding hydrogens is 280 g/mol. The molecule has 1 saturated carbocycles. The molecule has 3 N–H and O–H groups in total. The van der Waals surface area contributed by atoms with Crippen molar-refractivity contribution >= 4 is 15.7 Å². The quantitative estimate of drug-likeness (QED) is 0.774. The lowest BCUT2D eigenvalue weighted by Gasteiger charge is -2.13. The number of nitrogens with two attached hydrogens (primary N) is 1. The summed E-state index contributed by atoms with van der Waals surface area (Å²) in [5.74, 6) is 1.03. The fraction of sp³-hybridized carbons (Fsp3) is 0.538. The third-order valence-corrected chi connectivity index (χ3v) is 5.07. The van der Waals surface area contributed by atoms with Crippen LogP contribution in [0.2, 0.25) is 0 Å². The SMILES string of the molecule is CCC1CC1NS(=O)(=O)c1cc(N)c(OC)cc1OC. The van der Waals surface area contributed by atoms with Crippen LogP contribution in [-0.2, 0) is 10.0 Å². The Morgan fingerprint density at radius 2 is 1.95 bits per heavy atom. The van der Waals surface area contributed by atoms with Crippen molar-refractivity contribution < 1.29 is 17.9 Å². The van der Waals surface area contributed by atoms with Crippen molar-refractivity contribution in [3.05, 3.63) is 12.1 Å². The molecule has 2 unspecified atom stereocenters. The van der Waals surface area contributed by atoms with Gasteiger partial charge in [-0.05, 0) is 18.4 Å². The lowest BCUT2D eigenvalue weighted by molar-refractivity contribution is 0.387. The molecule has 0 bridgehead atoms. The maximum atomic E-state index is 12.4. The van der Waals surface area contributed by atoms with Gasteiger partial charge in [0.05, 0.1) is 19.9 Å². The Labute approximate surface area is 119 Å². The van der Waals surface area contributed by atoms with E-state index in [0.29, 0.717) is 11.7 Å². The fourth-order valence-electron chi connectivity index (χ4n) is 2.21. The summed E-state index contributed by atoms with van der Waals surface area (Å²) in [6.07, 6.45) is 1.85. The molecule has 1 aromatic rings. The Balaban J connectivity index is 2.33. The van der Waals surface area contributed by atoms with Crippen LogP contribution in [0.15, 0.2) is 17.0 Å². The number of ether oxygens (including phenoxy) is 2. The van der Waals surface area contributed by atoms with Crippen LogP contribution in [-0.4, -0.2) is 28.7 Å². The zero-order chi connectivity index (χ0) is 14.9. The van der Waals surface area contributed by atoms with E-state index in [1.54, 1.807) is 0 Å². The van der Waals surface area contributed by atoms with E-state index in [1.165, 1.54) is 26.4 Å². The molecule has 7 heteroatoms. The van der Waals surface area contributed by atoms with Gasteiger partial charge in [0.25, 0.3) is 0 Å². The maximum Gasteiger partial charge on any atom is 0.244 e. The highest BCUT2D eigenvalue weighted by atomic mass is 32.2. The monoisotopic (exact) mass is 300 g/mol. The summed E-state index contributed by atoms with van der Waals surface area (Å²) in [5.41, 5.74) is 6.04. The van der Waals surface area contributed by atoms with Crippen molar-refractivity contribution in [2.75, 3.05) is 20.0 Å². The highest BCUT2D eigenvalue weighted by Crippen LogP contribution is 2.37. The number of methoxy groups -OCH3 is 2. The van der Waals surface area contributed by atoms with E-state index in [9.17, 15) is 8.42 Å². The number of nitrogens with one attached hydrogen (secondary N) is 1. The Kier molecular flexibility index (Phi) is 4.10. The Bertz CT molecular complexity index is 601. The second-order valence-corrected chi connectivity index (χ2v) is 6.56. The van der Waals surface area contributed by atoms with Gasteiger partial charge in [-0.3, -0.25) is 0 Å². The molecule has 112 valence electrons. The second kappa shape index (κ2) is 5.49. The summed E-state index contributed by atoms with van der Waals surface area (Å²) in [7, 11) is -0.762. The third-order valence-electron chi connectivity index (χ3n) is 3.56. The Morgan fingerprint density at radius 3 is 2.45 bits per heavy atom. The first-order valence-corrected chi connectivity index (χ1v) is 7.95. The van der Waals surface area contributed by atoms with Gasteiger partial charge >= 0.3 is 0 Å². The molecule has 0 aromatic heterocycles. The fourth-order valence-corrected chi connectivity index (χ4v) is 3.71. The summed E-state index contributed by atoms with van der Waals surface area (Å²) >= 11 is 0. The zero-order valence-electron chi connectivity index (χ0n) is 11.8. The van der Waals surface area contributed by atoms with Gasteiger partial charge in [0.15, 0.2) is 0 Å². The molecule has 0 spiro atoms. The summed E-state index contributed by atoms with van der Waals surface area (Å²) in [6.45, 7) is 2.05. The number of benzene rings is 1. The van der Waals surface area contributed by atoms with E-state index < -0.39 is 10.0 Å². The van der Waals surface area contributed by atoms with Crippen LogP contribution in [0.5, 0.6) is 11.5 Å². The van der Waals surface area contributed by atoms with Crippen molar-refractivity contribution in [3.63, 3.8) is 0 Å². The molecule has 1 aliphatic rings. The van der Waals surface area contributed by atoms with E-state index in [1.807, 2.05) is 6.92 Å². The van der Waals surface area contributed by atoms with Crippen LogP contribution in [0.25, 0.3) is 0 Å². The van der Waals surface area contributed by atoms with Crippen LogP contribution < -0.4 is 19.9 Å². The number of hydrogen-bond donors (Lipinski definition) is 2. The van der Waals surface area contributed by atoms with Crippen molar-refractivity contribution in [2.45, 2.75) is 30.7 Å². The van der Waals surface area contributed by atoms with E-state index in [4.69, 9.17) is 15.2 Å². The maximum absolute atomic E-state index is 12.4. The van der Waals surface area contributed by atoms with Crippen LogP contribution in [0.3, 0.4) is 0 Å². The summed E-state index contributed by atoms with van der Waals surface area (Å²) in [6, 6.07) is 2.86. The molecular formula is C13H20N2O4S. The smallest absolute Gasteiger partial charge is 0.244 e. The highest BCUT2D eigenvalue weighted by molar-refractivity contribution is 7.89. The van der Waals surface area contributed by atoms with Gasteiger partial charge < -0.3 is 15.2 Å². The molecule has 0 amide bonds. The normalized spacial score (nSPS) is 21.6. The highest BCUT2D eigenvalue weighted by Gasteiger charge is 2.39. The van der Waals surface area contributed by atoms with Gasteiger partial charge in [0.2, 0.25) is 10.0 Å². The molecule has 0 radical (unpaired) electrons. The molecule has 0 aliphatic heterocycles. The first-order chi connectivity index (χ1) is 9.42. The average molecular weight is 300 g/mol. The number of anilines is 1. The molecule has 1 aromatic carbocycles. The predicted octanol–water partition coefficient (Wildman–Crippen LogP) is 1.36. The van der Waals surface area contributed by atoms with Crippen LogP contribution >= 0.6 is 0 Å². The van der Waals surface area contributed by atoms with Gasteiger partial charge in [-0.25, -0.2) is 13.1 Å². The molecule has 1 aliphatic carbocycles. The summed E-state index contributed by atoms with van der Waals surface area (Å²) in [4.78, 5) is 0.0417. The second-order valence-electron chi connectivity index (χ2n) is 4.88. The lowest BCUT2D eigenvalue weighted by atomic mass is 10.3. The van der Waals surface area contributed by atoms with E-state index >= 15 is 0 Å². The summed E-state index contributed by atoms with van der Waals surface area (Å²) < 4.78 is 37.7. The predicted molar refractivity (Wildman–Crippen MR) is 76.5 cm³/mol. The molecule has 2 atom stereocenters. The van der Waals surface area contributed by atoms with Gasteiger partial charge in [0, 0.05) is 12.1 Å². The van der Waals surface area contributed by atoms with Crippen molar-refractivity contribution in [1.29, 1.82) is 0 Å².